The summed E-state index contributed by atoms with van der Waals surface area (Å²) in [7, 11) is 0. The number of aromatic carboxylic acids is 1. The van der Waals surface area contributed by atoms with Crippen molar-refractivity contribution in [2.75, 3.05) is 0 Å². The summed E-state index contributed by atoms with van der Waals surface area (Å²) in [5.41, 5.74) is -0.566. The maximum Gasteiger partial charge on any atom is 0.360 e. The molecule has 0 radical (unpaired) electrons. The third kappa shape index (κ3) is 2.34. The molecule has 1 heterocycles. The first-order valence-electron chi connectivity index (χ1n) is 4.67. The minimum atomic E-state index is -1.36. The van der Waals surface area contributed by atoms with Crippen molar-refractivity contribution in [3.05, 3.63) is 57.5 Å². The van der Waals surface area contributed by atoms with Crippen LogP contribution < -0.4 is 5.43 Å². The molecule has 1 aromatic carbocycles. The lowest BCUT2D eigenvalue weighted by Gasteiger charge is -2.05. The van der Waals surface area contributed by atoms with Gasteiger partial charge in [-0.3, -0.25) is 4.79 Å². The van der Waals surface area contributed by atoms with Crippen molar-refractivity contribution < 1.29 is 9.90 Å². The zero-order chi connectivity index (χ0) is 12.4. The summed E-state index contributed by atoms with van der Waals surface area (Å²) in [6, 6.07) is 7.86. The van der Waals surface area contributed by atoms with E-state index >= 15 is 0 Å². The smallest absolute Gasteiger partial charge is 0.360 e. The molecule has 2 aromatic rings. The molecule has 1 aromatic heterocycles. The fourth-order valence-corrected chi connectivity index (χ4v) is 1.50. The van der Waals surface area contributed by atoms with Crippen LogP contribution in [-0.4, -0.2) is 20.9 Å². The van der Waals surface area contributed by atoms with Crippen LogP contribution in [0.15, 0.2) is 41.3 Å². The SMILES string of the molecule is O=C(O)c1nn(-c2cccc(Cl)c2)ccc1=O. The predicted octanol–water partition coefficient (Wildman–Crippen LogP) is 1.58. The van der Waals surface area contributed by atoms with Crippen LogP contribution in [0.5, 0.6) is 0 Å². The molecule has 0 saturated heterocycles. The van der Waals surface area contributed by atoms with Crippen LogP contribution in [0.3, 0.4) is 0 Å². The van der Waals surface area contributed by atoms with Gasteiger partial charge in [0.2, 0.25) is 11.1 Å². The van der Waals surface area contributed by atoms with Crippen LogP contribution in [0.4, 0.5) is 0 Å². The molecular weight excluding hydrogens is 244 g/mol. The standard InChI is InChI=1S/C11H7ClN2O3/c12-7-2-1-3-8(6-7)14-5-4-9(15)10(13-14)11(16)17/h1-6H,(H,16,17). The molecule has 0 aliphatic heterocycles. The summed E-state index contributed by atoms with van der Waals surface area (Å²) >= 11 is 5.81. The number of carboxylic acid groups (broad SMARTS) is 1. The van der Waals surface area contributed by atoms with Crippen LogP contribution in [0.2, 0.25) is 5.02 Å². The zero-order valence-corrected chi connectivity index (χ0v) is 9.26. The second-order valence-corrected chi connectivity index (χ2v) is 3.69. The van der Waals surface area contributed by atoms with Crippen molar-refractivity contribution in [2.24, 2.45) is 0 Å². The van der Waals surface area contributed by atoms with Crippen molar-refractivity contribution in [1.82, 2.24) is 9.78 Å². The van der Waals surface area contributed by atoms with Crippen LogP contribution in [-0.2, 0) is 0 Å². The fourth-order valence-electron chi connectivity index (χ4n) is 1.32. The van der Waals surface area contributed by atoms with Crippen LogP contribution in [0, 0.1) is 0 Å². The van der Waals surface area contributed by atoms with E-state index in [4.69, 9.17) is 16.7 Å². The van der Waals surface area contributed by atoms with Gasteiger partial charge in [-0.1, -0.05) is 17.7 Å². The van der Waals surface area contributed by atoms with E-state index in [0.717, 1.165) is 6.07 Å². The molecule has 0 saturated carbocycles. The second kappa shape index (κ2) is 4.39. The Labute approximate surface area is 101 Å². The average Bonchev–Trinajstić information content (AvgIpc) is 2.29. The van der Waals surface area contributed by atoms with Crippen LogP contribution >= 0.6 is 11.6 Å². The largest absolute Gasteiger partial charge is 0.476 e. The summed E-state index contributed by atoms with van der Waals surface area (Å²) in [6.07, 6.45) is 1.39. The summed E-state index contributed by atoms with van der Waals surface area (Å²) in [4.78, 5) is 22.0. The predicted molar refractivity (Wildman–Crippen MR) is 61.8 cm³/mol. The van der Waals surface area contributed by atoms with Gasteiger partial charge in [-0.15, -0.1) is 0 Å². The molecule has 6 heteroatoms. The Balaban J connectivity index is 2.58. The molecule has 0 bridgehead atoms. The topological polar surface area (TPSA) is 72.2 Å². The summed E-state index contributed by atoms with van der Waals surface area (Å²) in [6.45, 7) is 0. The van der Waals surface area contributed by atoms with Gasteiger partial charge in [-0.25, -0.2) is 9.48 Å². The van der Waals surface area contributed by atoms with Crippen LogP contribution in [0.1, 0.15) is 10.5 Å². The van der Waals surface area contributed by atoms with E-state index in [1.165, 1.54) is 10.9 Å². The maximum atomic E-state index is 11.2. The van der Waals surface area contributed by atoms with Crippen molar-refractivity contribution in [1.29, 1.82) is 0 Å². The van der Waals surface area contributed by atoms with Gasteiger partial charge in [0.15, 0.2) is 0 Å². The van der Waals surface area contributed by atoms with Crippen molar-refractivity contribution in [2.45, 2.75) is 0 Å². The second-order valence-electron chi connectivity index (χ2n) is 3.26. The first kappa shape index (κ1) is 11.3. The molecule has 86 valence electrons. The minimum Gasteiger partial charge on any atom is -0.476 e. The number of rotatable bonds is 2. The lowest BCUT2D eigenvalue weighted by Crippen LogP contribution is -2.20. The number of carbonyl (C=O) groups is 1. The van der Waals surface area contributed by atoms with Crippen molar-refractivity contribution in [3.8, 4) is 5.69 Å². The summed E-state index contributed by atoms with van der Waals surface area (Å²) < 4.78 is 1.29. The summed E-state index contributed by atoms with van der Waals surface area (Å²) in [5, 5.41) is 13.0. The number of benzene rings is 1. The quantitative estimate of drug-likeness (QED) is 0.878. The van der Waals surface area contributed by atoms with E-state index in [9.17, 15) is 9.59 Å². The first-order valence-corrected chi connectivity index (χ1v) is 5.05. The van der Waals surface area contributed by atoms with Gasteiger partial charge in [0.1, 0.15) is 0 Å². The number of hydrogen-bond acceptors (Lipinski definition) is 3. The molecule has 0 atom stereocenters. The van der Waals surface area contributed by atoms with Crippen molar-refractivity contribution in [3.63, 3.8) is 0 Å². The average molecular weight is 251 g/mol. The van der Waals surface area contributed by atoms with Gasteiger partial charge in [-0.2, -0.15) is 5.10 Å². The number of hydrogen-bond donors (Lipinski definition) is 1. The molecule has 0 spiro atoms. The number of halogens is 1. The molecule has 0 aliphatic rings. The third-order valence-corrected chi connectivity index (χ3v) is 2.32. The minimum absolute atomic E-state index is 0.500. The Morgan fingerprint density at radius 2 is 2.12 bits per heavy atom. The molecule has 0 amide bonds. The Morgan fingerprint density at radius 1 is 1.35 bits per heavy atom. The molecule has 5 nitrogen and oxygen atoms in total. The molecule has 1 N–H and O–H groups in total. The first-order chi connectivity index (χ1) is 8.08. The van der Waals surface area contributed by atoms with Gasteiger partial charge in [0.05, 0.1) is 5.69 Å². The van der Waals surface area contributed by atoms with Gasteiger partial charge in [-0.05, 0) is 18.2 Å². The van der Waals surface area contributed by atoms with E-state index < -0.39 is 17.1 Å². The van der Waals surface area contributed by atoms with Gasteiger partial charge in [0.25, 0.3) is 0 Å². The van der Waals surface area contributed by atoms with E-state index in [1.807, 2.05) is 0 Å². The molecule has 2 rings (SSSR count). The van der Waals surface area contributed by atoms with Crippen LogP contribution in [0.25, 0.3) is 5.69 Å². The number of carboxylic acids is 1. The molecular formula is C11H7ClN2O3. The lowest BCUT2D eigenvalue weighted by molar-refractivity contribution is 0.0687. The fraction of sp³-hybridized carbons (Fsp3) is 0. The monoisotopic (exact) mass is 250 g/mol. The van der Waals surface area contributed by atoms with E-state index in [-0.39, 0.29) is 0 Å². The van der Waals surface area contributed by atoms with Crippen molar-refractivity contribution >= 4 is 17.6 Å². The molecule has 17 heavy (non-hydrogen) atoms. The third-order valence-electron chi connectivity index (χ3n) is 2.08. The summed E-state index contributed by atoms with van der Waals surface area (Å²) in [5.74, 6) is -1.36. The highest BCUT2D eigenvalue weighted by atomic mass is 35.5. The van der Waals surface area contributed by atoms with E-state index in [2.05, 4.69) is 5.10 Å². The highest BCUT2D eigenvalue weighted by molar-refractivity contribution is 6.30. The van der Waals surface area contributed by atoms with Gasteiger partial charge >= 0.3 is 5.97 Å². The molecule has 0 fully saturated rings. The Bertz CT molecular complexity index is 637. The van der Waals surface area contributed by atoms with Gasteiger partial charge < -0.3 is 5.11 Å². The lowest BCUT2D eigenvalue weighted by atomic mass is 10.3. The highest BCUT2D eigenvalue weighted by Gasteiger charge is 2.11. The Morgan fingerprint density at radius 3 is 2.76 bits per heavy atom. The van der Waals surface area contributed by atoms with E-state index in [0.29, 0.717) is 10.7 Å². The highest BCUT2D eigenvalue weighted by Crippen LogP contribution is 2.13. The normalized spacial score (nSPS) is 10.2. The maximum absolute atomic E-state index is 11.2. The zero-order valence-electron chi connectivity index (χ0n) is 8.50. The Hall–Kier alpha value is -2.14. The molecule has 0 aliphatic carbocycles. The molecule has 0 unspecified atom stereocenters. The number of nitrogens with zero attached hydrogens (tertiary/aromatic N) is 2. The Kier molecular flexibility index (Phi) is 2.93. The van der Waals surface area contributed by atoms with E-state index in [1.54, 1.807) is 24.3 Å². The van der Waals surface area contributed by atoms with Gasteiger partial charge in [0, 0.05) is 17.3 Å². The number of aromatic nitrogens is 2.